The number of benzene rings is 1. The Hall–Kier alpha value is -1.71. The second-order valence-electron chi connectivity index (χ2n) is 10.2. The van der Waals surface area contributed by atoms with Crippen molar-refractivity contribution < 1.29 is 39.8 Å². The summed E-state index contributed by atoms with van der Waals surface area (Å²) in [6.45, 7) is 2.25. The number of aryl methyl sites for hydroxylation is 1. The van der Waals surface area contributed by atoms with Gasteiger partial charge in [-0.3, -0.25) is 0 Å². The molecule has 0 unspecified atom stereocenters. The molecule has 0 radical (unpaired) electrons. The molecular formula is C24H31O8-. The van der Waals surface area contributed by atoms with Gasteiger partial charge in [0.05, 0.1) is 12.1 Å². The first-order valence-electron chi connectivity index (χ1n) is 11.6. The van der Waals surface area contributed by atoms with Crippen LogP contribution in [0.3, 0.4) is 0 Å². The van der Waals surface area contributed by atoms with Crippen molar-refractivity contribution in [3.63, 3.8) is 0 Å². The summed E-state index contributed by atoms with van der Waals surface area (Å²) in [6.07, 6.45) is -2.61. The minimum atomic E-state index is -1.80. The predicted molar refractivity (Wildman–Crippen MR) is 109 cm³/mol. The number of carboxylic acids is 1. The van der Waals surface area contributed by atoms with E-state index in [2.05, 4.69) is 6.92 Å². The Balaban J connectivity index is 1.34. The molecule has 2 saturated carbocycles. The zero-order chi connectivity index (χ0) is 22.8. The number of aliphatic hydroxyl groups is 4. The first-order chi connectivity index (χ1) is 15.2. The monoisotopic (exact) mass is 447 g/mol. The van der Waals surface area contributed by atoms with Crippen molar-refractivity contribution in [2.24, 2.45) is 17.3 Å². The van der Waals surface area contributed by atoms with E-state index in [1.165, 1.54) is 5.56 Å². The maximum absolute atomic E-state index is 11.2. The van der Waals surface area contributed by atoms with E-state index in [0.29, 0.717) is 23.5 Å². The van der Waals surface area contributed by atoms with Crippen molar-refractivity contribution in [3.05, 3.63) is 29.3 Å². The zero-order valence-corrected chi connectivity index (χ0v) is 18.1. The molecule has 0 spiro atoms. The molecule has 3 fully saturated rings. The standard InChI is InChI=1S/C24H32O8/c1-24-9-8-14-13-5-3-12(10-11(13)2-4-15(14)16(24)6-7-17(24)25)31-23-20(28)18(26)19(27)21(32-23)22(29)30/h3,5,10,14-21,23,25-28H,2,4,6-9H2,1H3,(H,29,30)/p-1/t14-,15-,16+,17+,18+,19+,20-,21+,23-,24+/m1/s1. The third-order valence-electron chi connectivity index (χ3n) is 8.70. The third kappa shape index (κ3) is 3.35. The number of carbonyl (C=O) groups excluding carboxylic acids is 1. The van der Waals surface area contributed by atoms with E-state index < -0.39 is 36.7 Å². The van der Waals surface area contributed by atoms with Crippen LogP contribution in [0.2, 0.25) is 0 Å². The van der Waals surface area contributed by atoms with Gasteiger partial charge in [-0.2, -0.15) is 0 Å². The van der Waals surface area contributed by atoms with Crippen LogP contribution in [0.15, 0.2) is 18.2 Å². The van der Waals surface area contributed by atoms with Gasteiger partial charge in [-0.15, -0.1) is 0 Å². The Labute approximate surface area is 186 Å². The van der Waals surface area contributed by atoms with E-state index in [-0.39, 0.29) is 11.5 Å². The van der Waals surface area contributed by atoms with Gasteiger partial charge in [-0.05, 0) is 85.0 Å². The molecule has 4 N–H and O–H groups in total. The first kappa shape index (κ1) is 22.1. The fourth-order valence-corrected chi connectivity index (χ4v) is 6.88. The summed E-state index contributed by atoms with van der Waals surface area (Å²) in [5.74, 6) is 0.278. The Bertz CT molecular complexity index is 889. The molecule has 8 heteroatoms. The SMILES string of the molecule is C[C@]12CC[C@@H]3c4ccc(O[C@@H]5O[C@H](C(=O)[O-])[C@@H](O)[C@H](O)[C@H]5O)cc4CC[C@H]3[C@@H]1CC[C@@H]2O. The summed E-state index contributed by atoms with van der Waals surface area (Å²) in [6, 6.07) is 5.71. The smallest absolute Gasteiger partial charge is 0.229 e. The van der Waals surface area contributed by atoms with Gasteiger partial charge in [-0.1, -0.05) is 13.0 Å². The number of carboxylic acid groups (broad SMARTS) is 1. The van der Waals surface area contributed by atoms with Gasteiger partial charge in [-0.25, -0.2) is 0 Å². The van der Waals surface area contributed by atoms with Crippen LogP contribution < -0.4 is 9.84 Å². The average molecular weight is 448 g/mol. The number of hydrogen-bond donors (Lipinski definition) is 4. The highest BCUT2D eigenvalue weighted by Gasteiger charge is 2.54. The maximum atomic E-state index is 11.2. The molecule has 5 rings (SSSR count). The lowest BCUT2D eigenvalue weighted by molar-refractivity contribution is -0.342. The van der Waals surface area contributed by atoms with Gasteiger partial charge in [0.1, 0.15) is 30.2 Å². The van der Waals surface area contributed by atoms with Crippen LogP contribution in [0.5, 0.6) is 5.75 Å². The third-order valence-corrected chi connectivity index (χ3v) is 8.70. The molecule has 10 atom stereocenters. The molecule has 0 amide bonds. The van der Waals surface area contributed by atoms with E-state index in [4.69, 9.17) is 9.47 Å². The van der Waals surface area contributed by atoms with Crippen molar-refractivity contribution in [2.75, 3.05) is 0 Å². The highest BCUT2D eigenvalue weighted by molar-refractivity contribution is 5.71. The summed E-state index contributed by atoms with van der Waals surface area (Å²) in [7, 11) is 0. The molecule has 32 heavy (non-hydrogen) atoms. The molecule has 1 aliphatic heterocycles. The van der Waals surface area contributed by atoms with Crippen molar-refractivity contribution >= 4 is 5.97 Å². The van der Waals surface area contributed by atoms with Crippen molar-refractivity contribution in [1.82, 2.24) is 0 Å². The van der Waals surface area contributed by atoms with Crippen molar-refractivity contribution in [2.45, 2.75) is 88.2 Å². The second-order valence-corrected chi connectivity index (χ2v) is 10.2. The quantitative estimate of drug-likeness (QED) is 0.501. The number of carbonyl (C=O) groups is 1. The van der Waals surface area contributed by atoms with E-state index in [9.17, 15) is 30.3 Å². The number of ether oxygens (including phenoxy) is 2. The molecule has 1 heterocycles. The number of aliphatic carboxylic acids is 1. The Kier molecular flexibility index (Phi) is 5.49. The molecule has 0 bridgehead atoms. The lowest BCUT2D eigenvalue weighted by Crippen LogP contribution is -2.63. The van der Waals surface area contributed by atoms with Gasteiger partial charge in [0, 0.05) is 0 Å². The van der Waals surface area contributed by atoms with Crippen LogP contribution in [0.1, 0.15) is 56.1 Å². The summed E-state index contributed by atoms with van der Waals surface area (Å²) < 4.78 is 10.9. The van der Waals surface area contributed by atoms with E-state index >= 15 is 0 Å². The van der Waals surface area contributed by atoms with Crippen LogP contribution in [0, 0.1) is 17.3 Å². The minimum absolute atomic E-state index is 0.0249. The summed E-state index contributed by atoms with van der Waals surface area (Å²) in [4.78, 5) is 11.2. The van der Waals surface area contributed by atoms with E-state index in [0.717, 1.165) is 44.1 Å². The predicted octanol–water partition coefficient (Wildman–Crippen LogP) is -0.160. The number of fused-ring (bicyclic) bond motifs is 5. The maximum Gasteiger partial charge on any atom is 0.229 e. The Morgan fingerprint density at radius 2 is 1.88 bits per heavy atom. The van der Waals surface area contributed by atoms with Gasteiger partial charge in [0.2, 0.25) is 6.29 Å². The molecule has 0 aromatic heterocycles. The van der Waals surface area contributed by atoms with Crippen LogP contribution in [0.25, 0.3) is 0 Å². The highest BCUT2D eigenvalue weighted by atomic mass is 16.7. The van der Waals surface area contributed by atoms with Crippen LogP contribution in [-0.2, 0) is 16.0 Å². The molecule has 8 nitrogen and oxygen atoms in total. The summed E-state index contributed by atoms with van der Waals surface area (Å²) >= 11 is 0. The lowest BCUT2D eigenvalue weighted by atomic mass is 9.55. The van der Waals surface area contributed by atoms with Crippen LogP contribution >= 0.6 is 0 Å². The van der Waals surface area contributed by atoms with Gasteiger partial charge in [0.15, 0.2) is 0 Å². The highest BCUT2D eigenvalue weighted by Crippen LogP contribution is 2.60. The van der Waals surface area contributed by atoms with Crippen molar-refractivity contribution in [3.8, 4) is 5.75 Å². The van der Waals surface area contributed by atoms with Gasteiger partial charge in [0.25, 0.3) is 0 Å². The minimum Gasteiger partial charge on any atom is -0.547 e. The topological polar surface area (TPSA) is 140 Å². The molecule has 176 valence electrons. The molecule has 4 aliphatic rings. The molecule has 1 aromatic carbocycles. The normalized spacial score (nSPS) is 45.5. The summed E-state index contributed by atoms with van der Waals surface area (Å²) in [5.41, 5.74) is 2.48. The number of aliphatic hydroxyl groups excluding tert-OH is 4. The average Bonchev–Trinajstić information content (AvgIpc) is 3.08. The van der Waals surface area contributed by atoms with Crippen LogP contribution in [0.4, 0.5) is 0 Å². The largest absolute Gasteiger partial charge is 0.547 e. The van der Waals surface area contributed by atoms with Crippen molar-refractivity contribution in [1.29, 1.82) is 0 Å². The molecule has 1 saturated heterocycles. The van der Waals surface area contributed by atoms with Gasteiger partial charge < -0.3 is 39.8 Å². The van der Waals surface area contributed by atoms with E-state index in [1.54, 1.807) is 6.07 Å². The Morgan fingerprint density at radius 1 is 1.09 bits per heavy atom. The first-order valence-corrected chi connectivity index (χ1v) is 11.6. The zero-order valence-electron chi connectivity index (χ0n) is 18.1. The molecular weight excluding hydrogens is 416 g/mol. The van der Waals surface area contributed by atoms with Gasteiger partial charge >= 0.3 is 0 Å². The Morgan fingerprint density at radius 3 is 2.62 bits per heavy atom. The fraction of sp³-hybridized carbons (Fsp3) is 0.708. The number of hydrogen-bond acceptors (Lipinski definition) is 8. The number of rotatable bonds is 3. The molecule has 3 aliphatic carbocycles. The second kappa shape index (κ2) is 7.95. The van der Waals surface area contributed by atoms with Crippen LogP contribution in [-0.4, -0.2) is 63.2 Å². The summed E-state index contributed by atoms with van der Waals surface area (Å²) in [5, 5.41) is 51.7. The lowest BCUT2D eigenvalue weighted by Gasteiger charge is -2.50. The fourth-order valence-electron chi connectivity index (χ4n) is 6.88. The van der Waals surface area contributed by atoms with E-state index in [1.807, 2.05) is 12.1 Å². The molecule has 1 aromatic rings.